The van der Waals surface area contributed by atoms with Crippen molar-refractivity contribution in [1.82, 2.24) is 15.1 Å². The molecule has 1 saturated heterocycles. The second-order valence-corrected chi connectivity index (χ2v) is 7.77. The van der Waals surface area contributed by atoms with Crippen molar-refractivity contribution in [3.63, 3.8) is 0 Å². The molecule has 3 aromatic rings. The van der Waals surface area contributed by atoms with Gasteiger partial charge in [-0.15, -0.1) is 21.5 Å². The molecule has 1 amide bonds. The van der Waals surface area contributed by atoms with Gasteiger partial charge in [0, 0.05) is 32.2 Å². The fourth-order valence-electron chi connectivity index (χ4n) is 3.29. The fourth-order valence-corrected chi connectivity index (χ4v) is 3.98. The maximum atomic E-state index is 12.5. The molecule has 0 radical (unpaired) electrons. The number of thiophene rings is 1. The van der Waals surface area contributed by atoms with Crippen molar-refractivity contribution in [3.05, 3.63) is 53.9 Å². The Morgan fingerprint density at radius 2 is 1.80 bits per heavy atom. The molecule has 7 nitrogen and oxygen atoms in total. The first-order valence-corrected chi connectivity index (χ1v) is 10.9. The van der Waals surface area contributed by atoms with E-state index in [4.69, 9.17) is 9.47 Å². The minimum absolute atomic E-state index is 0.0180. The van der Waals surface area contributed by atoms with Gasteiger partial charge in [0.1, 0.15) is 17.2 Å². The Hall–Kier alpha value is -3.13. The Morgan fingerprint density at radius 1 is 1.00 bits per heavy atom. The highest BCUT2D eigenvalue weighted by Gasteiger charge is 2.22. The molecule has 2 aromatic heterocycles. The van der Waals surface area contributed by atoms with Gasteiger partial charge >= 0.3 is 0 Å². The zero-order chi connectivity index (χ0) is 20.8. The number of carbonyl (C=O) groups is 1. The third-order valence-electron chi connectivity index (χ3n) is 4.86. The monoisotopic (exact) mass is 424 g/mol. The second-order valence-electron chi connectivity index (χ2n) is 6.82. The molecule has 1 fully saturated rings. The number of hydrogen-bond acceptors (Lipinski definition) is 7. The average molecular weight is 425 g/mol. The predicted molar refractivity (Wildman–Crippen MR) is 117 cm³/mol. The molecule has 0 unspecified atom stereocenters. The number of nitrogens with zero attached hydrogens (tertiary/aromatic N) is 4. The first-order valence-electron chi connectivity index (χ1n) is 9.99. The number of anilines is 1. The third-order valence-corrected chi connectivity index (χ3v) is 5.75. The maximum Gasteiger partial charge on any atom is 0.260 e. The molecule has 0 saturated carbocycles. The molecule has 1 aliphatic rings. The van der Waals surface area contributed by atoms with Crippen molar-refractivity contribution in [2.24, 2.45) is 0 Å². The topological polar surface area (TPSA) is 67.8 Å². The molecule has 0 N–H and O–H groups in total. The summed E-state index contributed by atoms with van der Waals surface area (Å²) in [5.74, 6) is 2.19. The molecular weight excluding hydrogens is 400 g/mol. The van der Waals surface area contributed by atoms with Gasteiger partial charge in [0.2, 0.25) is 0 Å². The van der Waals surface area contributed by atoms with Crippen molar-refractivity contribution in [3.8, 4) is 22.1 Å². The summed E-state index contributed by atoms with van der Waals surface area (Å²) in [5, 5.41) is 10.7. The molecule has 30 heavy (non-hydrogen) atoms. The Labute approximate surface area is 179 Å². The van der Waals surface area contributed by atoms with E-state index in [9.17, 15) is 4.79 Å². The van der Waals surface area contributed by atoms with Crippen molar-refractivity contribution < 1.29 is 14.3 Å². The maximum absolute atomic E-state index is 12.5. The Kier molecular flexibility index (Phi) is 6.44. The summed E-state index contributed by atoms with van der Waals surface area (Å²) in [4.78, 5) is 17.6. The Balaban J connectivity index is 1.27. The summed E-state index contributed by atoms with van der Waals surface area (Å²) < 4.78 is 11.1. The lowest BCUT2D eigenvalue weighted by Crippen LogP contribution is -2.50. The number of carbonyl (C=O) groups excluding carboxylic acids is 1. The first kappa shape index (κ1) is 20.2. The van der Waals surface area contributed by atoms with Crippen LogP contribution in [0.5, 0.6) is 11.5 Å². The molecule has 1 aromatic carbocycles. The molecule has 1 aliphatic heterocycles. The summed E-state index contributed by atoms with van der Waals surface area (Å²) in [5.41, 5.74) is 0.883. The molecule has 0 bridgehead atoms. The number of rotatable bonds is 7. The number of benzene rings is 1. The SMILES string of the molecule is CCOc1cccc(OCC(=O)N2CCN(c3ccc(-c4cccs4)nn3)CC2)c1. The largest absolute Gasteiger partial charge is 0.494 e. The summed E-state index contributed by atoms with van der Waals surface area (Å²) in [6.45, 7) is 5.25. The van der Waals surface area contributed by atoms with Gasteiger partial charge in [0.15, 0.2) is 12.4 Å². The van der Waals surface area contributed by atoms with Gasteiger partial charge in [-0.3, -0.25) is 4.79 Å². The van der Waals surface area contributed by atoms with Crippen molar-refractivity contribution in [2.75, 3.05) is 44.3 Å². The fraction of sp³-hybridized carbons (Fsp3) is 0.318. The lowest BCUT2D eigenvalue weighted by Gasteiger charge is -2.35. The lowest BCUT2D eigenvalue weighted by molar-refractivity contribution is -0.133. The van der Waals surface area contributed by atoms with Crippen LogP contribution in [-0.4, -0.2) is 60.4 Å². The highest BCUT2D eigenvalue weighted by molar-refractivity contribution is 7.13. The van der Waals surface area contributed by atoms with Gasteiger partial charge in [-0.05, 0) is 42.6 Å². The van der Waals surface area contributed by atoms with E-state index in [1.165, 1.54) is 0 Å². The lowest BCUT2D eigenvalue weighted by atomic mass is 10.3. The molecule has 8 heteroatoms. The number of amides is 1. The van der Waals surface area contributed by atoms with Crippen LogP contribution in [0.1, 0.15) is 6.92 Å². The zero-order valence-electron chi connectivity index (χ0n) is 16.9. The van der Waals surface area contributed by atoms with E-state index >= 15 is 0 Å². The van der Waals surface area contributed by atoms with Crippen molar-refractivity contribution >= 4 is 23.1 Å². The smallest absolute Gasteiger partial charge is 0.260 e. The number of ether oxygens (including phenoxy) is 2. The molecular formula is C22H24N4O3S. The second kappa shape index (κ2) is 9.58. The minimum atomic E-state index is -0.0180. The first-order chi connectivity index (χ1) is 14.7. The van der Waals surface area contributed by atoms with Crippen molar-refractivity contribution in [1.29, 1.82) is 0 Å². The van der Waals surface area contributed by atoms with Crippen LogP contribution in [0.15, 0.2) is 53.9 Å². The van der Waals surface area contributed by atoms with Crippen LogP contribution in [0.2, 0.25) is 0 Å². The minimum Gasteiger partial charge on any atom is -0.494 e. The van der Waals surface area contributed by atoms with Crippen LogP contribution < -0.4 is 14.4 Å². The number of hydrogen-bond donors (Lipinski definition) is 0. The summed E-state index contributed by atoms with van der Waals surface area (Å²) in [7, 11) is 0. The summed E-state index contributed by atoms with van der Waals surface area (Å²) in [6, 6.07) is 15.4. The van der Waals surface area contributed by atoms with Gasteiger partial charge in [-0.2, -0.15) is 0 Å². The molecule has 0 spiro atoms. The van der Waals surface area contributed by atoms with Crippen LogP contribution >= 0.6 is 11.3 Å². The molecule has 0 aliphatic carbocycles. The zero-order valence-corrected chi connectivity index (χ0v) is 17.7. The van der Waals surface area contributed by atoms with E-state index in [0.29, 0.717) is 25.4 Å². The van der Waals surface area contributed by atoms with Gasteiger partial charge < -0.3 is 19.3 Å². The van der Waals surface area contributed by atoms with Crippen LogP contribution in [0.4, 0.5) is 5.82 Å². The highest BCUT2D eigenvalue weighted by atomic mass is 32.1. The van der Waals surface area contributed by atoms with Crippen LogP contribution in [0, 0.1) is 0 Å². The predicted octanol–water partition coefficient (Wildman–Crippen LogP) is 3.33. The van der Waals surface area contributed by atoms with E-state index in [1.807, 2.05) is 59.7 Å². The average Bonchev–Trinajstić information content (AvgIpc) is 3.33. The molecule has 3 heterocycles. The van der Waals surface area contributed by atoms with E-state index in [2.05, 4.69) is 15.1 Å². The molecule has 4 rings (SSSR count). The van der Waals surface area contributed by atoms with E-state index in [-0.39, 0.29) is 12.5 Å². The van der Waals surface area contributed by atoms with E-state index in [0.717, 1.165) is 35.2 Å². The van der Waals surface area contributed by atoms with Crippen LogP contribution in [0.3, 0.4) is 0 Å². The standard InChI is InChI=1S/C22H24N4O3S/c1-2-28-17-5-3-6-18(15-17)29-16-22(27)26-12-10-25(11-13-26)21-9-8-19(23-24-21)20-7-4-14-30-20/h3-9,14-15H,2,10-13,16H2,1H3. The van der Waals surface area contributed by atoms with E-state index in [1.54, 1.807) is 17.4 Å². The van der Waals surface area contributed by atoms with Crippen LogP contribution in [0.25, 0.3) is 10.6 Å². The number of piperazine rings is 1. The number of aromatic nitrogens is 2. The quantitative estimate of drug-likeness (QED) is 0.580. The molecule has 0 atom stereocenters. The van der Waals surface area contributed by atoms with E-state index < -0.39 is 0 Å². The highest BCUT2D eigenvalue weighted by Crippen LogP contribution is 2.23. The Bertz CT molecular complexity index is 955. The normalized spacial score (nSPS) is 13.9. The Morgan fingerprint density at radius 3 is 2.47 bits per heavy atom. The van der Waals surface area contributed by atoms with Crippen LogP contribution in [-0.2, 0) is 4.79 Å². The van der Waals surface area contributed by atoms with Crippen molar-refractivity contribution in [2.45, 2.75) is 6.92 Å². The van der Waals surface area contributed by atoms with Gasteiger partial charge in [0.25, 0.3) is 5.91 Å². The molecule has 156 valence electrons. The van der Waals surface area contributed by atoms with Gasteiger partial charge in [-0.25, -0.2) is 0 Å². The van der Waals surface area contributed by atoms with Gasteiger partial charge in [-0.1, -0.05) is 12.1 Å². The summed E-state index contributed by atoms with van der Waals surface area (Å²) >= 11 is 1.65. The summed E-state index contributed by atoms with van der Waals surface area (Å²) in [6.07, 6.45) is 0. The van der Waals surface area contributed by atoms with Gasteiger partial charge in [0.05, 0.1) is 11.5 Å². The third kappa shape index (κ3) is 4.88.